The van der Waals surface area contributed by atoms with Crippen LogP contribution in [0, 0.1) is 11.7 Å². The van der Waals surface area contributed by atoms with Gasteiger partial charge in [-0.3, -0.25) is 33.7 Å². The van der Waals surface area contributed by atoms with Crippen molar-refractivity contribution < 1.29 is 28.2 Å². The van der Waals surface area contributed by atoms with Gasteiger partial charge >= 0.3 is 0 Å². The number of amides is 3. The molecular formula is C43H48ClFN10O6. The lowest BCUT2D eigenvalue weighted by Gasteiger charge is -2.38. The summed E-state index contributed by atoms with van der Waals surface area (Å²) >= 11 is 6.63. The molecule has 7 heterocycles. The Labute approximate surface area is 355 Å². The Balaban J connectivity index is 0.819. The molecular weight excluding hydrogens is 807 g/mol. The Hall–Kier alpha value is -5.81. The number of aromatic nitrogens is 5. The first-order chi connectivity index (χ1) is 29.4. The Bertz CT molecular complexity index is 2620. The molecule has 61 heavy (non-hydrogen) atoms. The van der Waals surface area contributed by atoms with Gasteiger partial charge in [-0.05, 0) is 81.6 Å². The number of likely N-dealkylation sites (tertiary alicyclic amines) is 1. The lowest BCUT2D eigenvalue weighted by atomic mass is 9.86. The van der Waals surface area contributed by atoms with Crippen LogP contribution < -0.4 is 35.9 Å². The largest absolute Gasteiger partial charge is 0.489 e. The Morgan fingerprint density at radius 3 is 2.59 bits per heavy atom. The van der Waals surface area contributed by atoms with Gasteiger partial charge in [-0.2, -0.15) is 10.1 Å². The molecule has 16 nitrogen and oxygen atoms in total. The second-order valence-corrected chi connectivity index (χ2v) is 17.0. The lowest BCUT2D eigenvalue weighted by Crippen LogP contribution is -2.41. The quantitative estimate of drug-likeness (QED) is 0.162. The van der Waals surface area contributed by atoms with Crippen molar-refractivity contribution in [1.82, 2.24) is 39.8 Å². The highest BCUT2D eigenvalue weighted by atomic mass is 35.5. The van der Waals surface area contributed by atoms with Gasteiger partial charge in [-0.25, -0.2) is 9.37 Å². The van der Waals surface area contributed by atoms with E-state index in [0.29, 0.717) is 73.6 Å². The number of hydrogen-bond donors (Lipinski definition) is 3. The maximum Gasteiger partial charge on any atom is 0.293 e. The predicted molar refractivity (Wildman–Crippen MR) is 227 cm³/mol. The third-order valence-corrected chi connectivity index (χ3v) is 12.9. The zero-order valence-corrected chi connectivity index (χ0v) is 35.1. The summed E-state index contributed by atoms with van der Waals surface area (Å²) in [6, 6.07) is 8.82. The van der Waals surface area contributed by atoms with Gasteiger partial charge in [-0.1, -0.05) is 23.7 Å². The van der Waals surface area contributed by atoms with Crippen LogP contribution in [0.2, 0.25) is 5.02 Å². The average Bonchev–Trinajstić information content (AvgIpc) is 3.59. The van der Waals surface area contributed by atoms with Gasteiger partial charge in [0.1, 0.15) is 22.9 Å². The molecule has 320 valence electrons. The number of carbonyl (C=O) groups is 3. The summed E-state index contributed by atoms with van der Waals surface area (Å²) in [4.78, 5) is 63.6. The number of anilines is 3. The van der Waals surface area contributed by atoms with Gasteiger partial charge < -0.3 is 29.9 Å². The van der Waals surface area contributed by atoms with Crippen molar-refractivity contribution >= 4 is 68.6 Å². The molecule has 0 radical (unpaired) electrons. The Morgan fingerprint density at radius 2 is 1.84 bits per heavy atom. The van der Waals surface area contributed by atoms with E-state index in [1.54, 1.807) is 23.9 Å². The third kappa shape index (κ3) is 7.84. The van der Waals surface area contributed by atoms with Crippen molar-refractivity contribution in [2.24, 2.45) is 13.0 Å². The molecule has 3 aromatic heterocycles. The summed E-state index contributed by atoms with van der Waals surface area (Å²) < 4.78 is 31.0. The number of imide groups is 1. The number of rotatable bonds is 10. The average molecular weight is 855 g/mol. The molecule has 0 saturated carbocycles. The molecule has 4 aliphatic heterocycles. The summed E-state index contributed by atoms with van der Waals surface area (Å²) in [6.07, 6.45) is 5.86. The van der Waals surface area contributed by atoms with Crippen molar-refractivity contribution in [3.05, 3.63) is 69.0 Å². The number of carbonyl (C=O) groups excluding carboxylic acids is 3. The fraction of sp³-hybridized carbons (Fsp3) is 0.465. The molecule has 9 rings (SSSR count). The number of piperidine rings is 3. The molecule has 3 amide bonds. The summed E-state index contributed by atoms with van der Waals surface area (Å²) in [5.74, 6) is 0.344. The minimum absolute atomic E-state index is 0.0714. The summed E-state index contributed by atoms with van der Waals surface area (Å²) in [6.45, 7) is 6.23. The molecule has 18 heteroatoms. The molecule has 2 atom stereocenters. The number of nitrogens with one attached hydrogen (secondary N) is 3. The predicted octanol–water partition coefficient (Wildman–Crippen LogP) is 4.91. The smallest absolute Gasteiger partial charge is 0.293 e. The van der Waals surface area contributed by atoms with E-state index in [2.05, 4.69) is 35.8 Å². The van der Waals surface area contributed by atoms with E-state index in [9.17, 15) is 19.2 Å². The maximum atomic E-state index is 16.2. The minimum atomic E-state index is -0.576. The molecule has 0 bridgehead atoms. The maximum absolute atomic E-state index is 16.2. The highest BCUT2D eigenvalue weighted by molar-refractivity contribution is 6.33. The van der Waals surface area contributed by atoms with Gasteiger partial charge in [-0.15, -0.1) is 0 Å². The molecule has 4 aliphatic rings. The number of halogens is 2. The van der Waals surface area contributed by atoms with E-state index in [1.165, 1.54) is 11.7 Å². The Kier molecular flexibility index (Phi) is 11.0. The SMILES string of the molecule is CNC(=O)COc1cc2cc(Nc3nc(N4CCC(CN5CCC(c6ccc7c(C8CCC(=O)NC8=O)nn(C)c7c6F)CC5)CC4)ncc3Cl)cc3c2n(c1=O)[C@@H](C)CO3. The van der Waals surface area contributed by atoms with Gasteiger partial charge in [0, 0.05) is 62.7 Å². The van der Waals surface area contributed by atoms with Crippen LogP contribution in [0.25, 0.3) is 21.8 Å². The molecule has 2 aromatic carbocycles. The normalized spacial score (nSPS) is 20.2. The van der Waals surface area contributed by atoms with Crippen LogP contribution in [0.3, 0.4) is 0 Å². The van der Waals surface area contributed by atoms with E-state index in [4.69, 9.17) is 26.1 Å². The van der Waals surface area contributed by atoms with Crippen molar-refractivity contribution in [2.45, 2.75) is 63.3 Å². The van der Waals surface area contributed by atoms with Crippen molar-refractivity contribution in [3.63, 3.8) is 0 Å². The number of fused-ring (bicyclic) bond motifs is 1. The molecule has 3 fully saturated rings. The van der Waals surface area contributed by atoms with Gasteiger partial charge in [0.2, 0.25) is 17.8 Å². The lowest BCUT2D eigenvalue weighted by molar-refractivity contribution is -0.134. The number of pyridine rings is 1. The number of likely N-dealkylation sites (N-methyl/N-ethyl adjacent to an activating group) is 1. The standard InChI is InChI=1S/C43H48ClFN10O6/c1-23-21-60-32-18-27(16-26-17-33(61-22-35(57)46-2)42(59)55(23)38(26)32)48-40-31(44)19-47-43(50-40)54-14-8-24(9-15-54)20-53-12-10-25(11-13-53)28-4-5-29-37(51-52(3)39(29)36(28)45)30-6-7-34(56)49-41(30)58/h4-5,16-19,23-25,30H,6-15,20-22H2,1-3H3,(H,46,57)(H,47,48,50)(H,49,56,58)/t23-,30?/m0/s1. The molecule has 0 spiro atoms. The van der Waals surface area contributed by atoms with Gasteiger partial charge in [0.25, 0.3) is 11.5 Å². The molecule has 5 aromatic rings. The minimum Gasteiger partial charge on any atom is -0.489 e. The van der Waals surface area contributed by atoms with E-state index < -0.39 is 5.92 Å². The van der Waals surface area contributed by atoms with Crippen LogP contribution in [0.4, 0.5) is 21.8 Å². The van der Waals surface area contributed by atoms with E-state index in [1.807, 2.05) is 31.2 Å². The first kappa shape index (κ1) is 40.6. The second-order valence-electron chi connectivity index (χ2n) is 16.6. The second kappa shape index (κ2) is 16.6. The molecule has 0 aliphatic carbocycles. The van der Waals surface area contributed by atoms with Crippen LogP contribution in [0.1, 0.15) is 74.6 Å². The van der Waals surface area contributed by atoms with Gasteiger partial charge in [0.05, 0.1) is 29.4 Å². The van der Waals surface area contributed by atoms with Crippen LogP contribution in [-0.4, -0.2) is 99.9 Å². The van der Waals surface area contributed by atoms with E-state index in [0.717, 1.165) is 58.4 Å². The fourth-order valence-corrected chi connectivity index (χ4v) is 9.50. The number of aryl methyl sites for hydroxylation is 1. The molecule has 1 unspecified atom stereocenters. The molecule has 3 N–H and O–H groups in total. The monoisotopic (exact) mass is 854 g/mol. The fourth-order valence-electron chi connectivity index (χ4n) is 9.36. The summed E-state index contributed by atoms with van der Waals surface area (Å²) in [7, 11) is 3.21. The van der Waals surface area contributed by atoms with Crippen molar-refractivity contribution in [1.29, 1.82) is 0 Å². The molecule has 3 saturated heterocycles. The van der Waals surface area contributed by atoms with Gasteiger partial charge in [0.15, 0.2) is 24.0 Å². The third-order valence-electron chi connectivity index (χ3n) is 12.6. The first-order valence-corrected chi connectivity index (χ1v) is 21.3. The van der Waals surface area contributed by atoms with Crippen molar-refractivity contribution in [2.75, 3.05) is 63.2 Å². The Morgan fingerprint density at radius 1 is 1.05 bits per heavy atom. The number of nitrogens with zero attached hydrogens (tertiary/aromatic N) is 7. The summed E-state index contributed by atoms with van der Waals surface area (Å²) in [5.41, 5.74) is 2.57. The first-order valence-electron chi connectivity index (χ1n) is 20.9. The number of benzene rings is 2. The van der Waals surface area contributed by atoms with E-state index >= 15 is 4.39 Å². The topological polar surface area (TPSA) is 178 Å². The van der Waals surface area contributed by atoms with Crippen molar-refractivity contribution in [3.8, 4) is 11.5 Å². The number of hydrogen-bond acceptors (Lipinski definition) is 12. The highest BCUT2D eigenvalue weighted by Crippen LogP contribution is 2.39. The van der Waals surface area contributed by atoms with E-state index in [-0.39, 0.29) is 66.4 Å². The zero-order chi connectivity index (χ0) is 42.5. The van der Waals surface area contributed by atoms with Crippen LogP contribution in [0.15, 0.2) is 41.3 Å². The number of ether oxygens (including phenoxy) is 2. The van der Waals surface area contributed by atoms with Crippen LogP contribution in [0.5, 0.6) is 11.5 Å². The van der Waals surface area contributed by atoms with Crippen LogP contribution in [-0.2, 0) is 21.4 Å². The van der Waals surface area contributed by atoms with Crippen LogP contribution >= 0.6 is 11.6 Å². The highest BCUT2D eigenvalue weighted by Gasteiger charge is 2.34. The zero-order valence-electron chi connectivity index (χ0n) is 34.3. The summed E-state index contributed by atoms with van der Waals surface area (Å²) in [5, 5.41) is 14.4.